The van der Waals surface area contributed by atoms with Crippen molar-refractivity contribution in [1.29, 1.82) is 0 Å². The summed E-state index contributed by atoms with van der Waals surface area (Å²) in [6.45, 7) is 5.56. The molecule has 0 bridgehead atoms. The molecule has 0 N–H and O–H groups in total. The van der Waals surface area contributed by atoms with Crippen LogP contribution in [-0.2, 0) is 4.74 Å². The number of pyridine rings is 1. The van der Waals surface area contributed by atoms with Gasteiger partial charge in [0.2, 0.25) is 0 Å². The number of hydrogen-bond acceptors (Lipinski definition) is 4. The summed E-state index contributed by atoms with van der Waals surface area (Å²) in [5, 5.41) is 0. The molecule has 24 heavy (non-hydrogen) atoms. The van der Waals surface area contributed by atoms with Crippen LogP contribution in [-0.4, -0.2) is 59.2 Å². The minimum absolute atomic E-state index is 0.199. The Hall–Kier alpha value is -2.31. The third kappa shape index (κ3) is 3.16. The van der Waals surface area contributed by atoms with Crippen molar-refractivity contribution in [3.8, 4) is 0 Å². The topological polar surface area (TPSA) is 71.8 Å². The minimum atomic E-state index is -0.350. The summed E-state index contributed by atoms with van der Waals surface area (Å²) in [7, 11) is 0. The van der Waals surface area contributed by atoms with Crippen LogP contribution in [0.15, 0.2) is 17.1 Å². The summed E-state index contributed by atoms with van der Waals surface area (Å²) >= 11 is 0. The second-order valence-corrected chi connectivity index (χ2v) is 6.30. The smallest absolute Gasteiger partial charge is 0.409 e. The maximum Gasteiger partial charge on any atom is 0.409 e. The molecule has 1 saturated carbocycles. The predicted octanol–water partition coefficient (Wildman–Crippen LogP) is 1.41. The zero-order valence-electron chi connectivity index (χ0n) is 14.2. The van der Waals surface area contributed by atoms with Gasteiger partial charge in [-0.2, -0.15) is 0 Å². The Morgan fingerprint density at radius 3 is 2.38 bits per heavy atom. The Balaban J connectivity index is 1.73. The van der Waals surface area contributed by atoms with Crippen LogP contribution in [0.25, 0.3) is 0 Å². The van der Waals surface area contributed by atoms with Crippen molar-refractivity contribution in [2.45, 2.75) is 32.7 Å². The summed E-state index contributed by atoms with van der Waals surface area (Å²) in [5.74, 6) is -0.240. The lowest BCUT2D eigenvalue weighted by Crippen LogP contribution is -2.51. The summed E-state index contributed by atoms with van der Waals surface area (Å²) in [6, 6.07) is 2.08. The Morgan fingerprint density at radius 2 is 1.79 bits per heavy atom. The van der Waals surface area contributed by atoms with Gasteiger partial charge in [0.05, 0.1) is 6.61 Å². The van der Waals surface area contributed by atoms with E-state index in [1.165, 1.54) is 0 Å². The first-order chi connectivity index (χ1) is 11.5. The molecule has 0 radical (unpaired) electrons. The standard InChI is InChI=1S/C17H23N3O4/c1-3-24-17(23)19-10-8-18(9-11-19)15(21)14-12(2)6-7-20(16(14)22)13-4-5-13/h6-7,13H,3-5,8-11H2,1-2H3. The van der Waals surface area contributed by atoms with Gasteiger partial charge in [-0.1, -0.05) is 0 Å². The summed E-state index contributed by atoms with van der Waals surface area (Å²) in [4.78, 5) is 40.4. The van der Waals surface area contributed by atoms with Crippen molar-refractivity contribution in [3.05, 3.63) is 33.7 Å². The summed E-state index contributed by atoms with van der Waals surface area (Å²) in [5.41, 5.74) is 0.763. The Bertz CT molecular complexity index is 700. The zero-order chi connectivity index (χ0) is 17.3. The molecule has 3 rings (SSSR count). The van der Waals surface area contributed by atoms with Gasteiger partial charge in [-0.3, -0.25) is 9.59 Å². The fourth-order valence-electron chi connectivity index (χ4n) is 3.01. The molecule has 1 aliphatic carbocycles. The molecule has 0 aromatic carbocycles. The molecule has 7 heteroatoms. The minimum Gasteiger partial charge on any atom is -0.450 e. The summed E-state index contributed by atoms with van der Waals surface area (Å²) < 4.78 is 6.65. The van der Waals surface area contributed by atoms with E-state index in [-0.39, 0.29) is 29.2 Å². The molecule has 2 heterocycles. The Labute approximate surface area is 140 Å². The van der Waals surface area contributed by atoms with Gasteiger partial charge in [-0.05, 0) is 38.3 Å². The van der Waals surface area contributed by atoms with Crippen LogP contribution < -0.4 is 5.56 Å². The average Bonchev–Trinajstić information content (AvgIpc) is 3.40. The highest BCUT2D eigenvalue weighted by atomic mass is 16.6. The van der Waals surface area contributed by atoms with E-state index in [0.29, 0.717) is 38.3 Å². The van der Waals surface area contributed by atoms with Crippen molar-refractivity contribution >= 4 is 12.0 Å². The molecule has 0 spiro atoms. The largest absolute Gasteiger partial charge is 0.450 e. The highest BCUT2D eigenvalue weighted by Crippen LogP contribution is 2.33. The highest BCUT2D eigenvalue weighted by molar-refractivity contribution is 5.95. The SMILES string of the molecule is CCOC(=O)N1CCN(C(=O)c2c(C)ccn(C3CC3)c2=O)CC1. The van der Waals surface area contributed by atoms with E-state index in [2.05, 4.69) is 0 Å². The molecule has 130 valence electrons. The quantitative estimate of drug-likeness (QED) is 0.838. The van der Waals surface area contributed by atoms with Gasteiger partial charge < -0.3 is 19.1 Å². The van der Waals surface area contributed by atoms with E-state index in [4.69, 9.17) is 4.74 Å². The number of ether oxygens (including phenoxy) is 1. The number of nitrogens with zero attached hydrogens (tertiary/aromatic N) is 3. The first-order valence-electron chi connectivity index (χ1n) is 8.45. The number of carbonyl (C=O) groups is 2. The monoisotopic (exact) mass is 333 g/mol. The third-order valence-electron chi connectivity index (χ3n) is 4.57. The number of hydrogen-bond donors (Lipinski definition) is 0. The van der Waals surface area contributed by atoms with Crippen LogP contribution in [0.1, 0.15) is 41.7 Å². The molecular weight excluding hydrogens is 310 g/mol. The van der Waals surface area contributed by atoms with Gasteiger partial charge in [-0.15, -0.1) is 0 Å². The van der Waals surface area contributed by atoms with E-state index < -0.39 is 0 Å². The number of rotatable bonds is 3. The van der Waals surface area contributed by atoms with Crippen molar-refractivity contribution in [2.75, 3.05) is 32.8 Å². The van der Waals surface area contributed by atoms with Crippen molar-refractivity contribution < 1.29 is 14.3 Å². The molecule has 2 fully saturated rings. The molecule has 2 amide bonds. The molecule has 1 aliphatic heterocycles. The normalized spacial score (nSPS) is 17.8. The fourth-order valence-corrected chi connectivity index (χ4v) is 3.01. The van der Waals surface area contributed by atoms with Gasteiger partial charge in [-0.25, -0.2) is 4.79 Å². The molecule has 1 aromatic rings. The van der Waals surface area contributed by atoms with Crippen LogP contribution in [0.4, 0.5) is 4.79 Å². The second kappa shape index (κ2) is 6.67. The maximum absolute atomic E-state index is 12.8. The van der Waals surface area contributed by atoms with Crippen LogP contribution in [0.5, 0.6) is 0 Å². The second-order valence-electron chi connectivity index (χ2n) is 6.30. The lowest BCUT2D eigenvalue weighted by Gasteiger charge is -2.34. The lowest BCUT2D eigenvalue weighted by molar-refractivity contribution is 0.0568. The molecule has 7 nitrogen and oxygen atoms in total. The Morgan fingerprint density at radius 1 is 1.17 bits per heavy atom. The van der Waals surface area contributed by atoms with E-state index >= 15 is 0 Å². The highest BCUT2D eigenvalue weighted by Gasteiger charge is 2.30. The van der Waals surface area contributed by atoms with Gasteiger partial charge in [0.15, 0.2) is 0 Å². The number of carbonyl (C=O) groups excluding carboxylic acids is 2. The first kappa shape index (κ1) is 16.5. The van der Waals surface area contributed by atoms with Crippen molar-refractivity contribution in [3.63, 3.8) is 0 Å². The van der Waals surface area contributed by atoms with E-state index in [0.717, 1.165) is 12.8 Å². The maximum atomic E-state index is 12.8. The van der Waals surface area contributed by atoms with Crippen LogP contribution in [0.3, 0.4) is 0 Å². The van der Waals surface area contributed by atoms with E-state index in [1.807, 2.05) is 6.07 Å². The number of aryl methyl sites for hydroxylation is 1. The number of amides is 2. The van der Waals surface area contributed by atoms with Gasteiger partial charge >= 0.3 is 6.09 Å². The van der Waals surface area contributed by atoms with Crippen LogP contribution >= 0.6 is 0 Å². The average molecular weight is 333 g/mol. The van der Waals surface area contributed by atoms with E-state index in [1.54, 1.807) is 34.4 Å². The van der Waals surface area contributed by atoms with Crippen LogP contribution in [0, 0.1) is 6.92 Å². The molecule has 1 aromatic heterocycles. The Kier molecular flexibility index (Phi) is 4.59. The van der Waals surface area contributed by atoms with Gasteiger partial charge in [0, 0.05) is 38.4 Å². The first-order valence-corrected chi connectivity index (χ1v) is 8.45. The van der Waals surface area contributed by atoms with Gasteiger partial charge in [0.25, 0.3) is 11.5 Å². The van der Waals surface area contributed by atoms with Crippen LogP contribution in [0.2, 0.25) is 0 Å². The molecular formula is C17H23N3O4. The molecule has 0 unspecified atom stereocenters. The molecule has 1 saturated heterocycles. The zero-order valence-corrected chi connectivity index (χ0v) is 14.2. The summed E-state index contributed by atoms with van der Waals surface area (Å²) in [6.07, 6.45) is 3.42. The predicted molar refractivity (Wildman–Crippen MR) is 88.2 cm³/mol. The van der Waals surface area contributed by atoms with E-state index in [9.17, 15) is 14.4 Å². The fraction of sp³-hybridized carbons (Fsp3) is 0.588. The molecule has 0 atom stereocenters. The van der Waals surface area contributed by atoms with Crippen molar-refractivity contribution in [2.24, 2.45) is 0 Å². The number of piperazine rings is 1. The third-order valence-corrected chi connectivity index (χ3v) is 4.57. The van der Waals surface area contributed by atoms with Crippen molar-refractivity contribution in [1.82, 2.24) is 14.4 Å². The molecule has 2 aliphatic rings. The lowest BCUT2D eigenvalue weighted by atomic mass is 10.1. The van der Waals surface area contributed by atoms with Gasteiger partial charge in [0.1, 0.15) is 5.56 Å². The number of aromatic nitrogens is 1.